The molecule has 0 atom stereocenters. The summed E-state index contributed by atoms with van der Waals surface area (Å²) in [5, 5.41) is 2.70. The molecule has 0 saturated carbocycles. The molecule has 0 radical (unpaired) electrons. The van der Waals surface area contributed by atoms with E-state index < -0.39 is 35.4 Å². The van der Waals surface area contributed by atoms with Gasteiger partial charge in [-0.15, -0.1) is 0 Å². The molecule has 3 heterocycles. The number of carbonyl (C=O) groups is 1. The molecule has 0 spiro atoms. The van der Waals surface area contributed by atoms with Crippen LogP contribution in [0.15, 0.2) is 29.3 Å². The summed E-state index contributed by atoms with van der Waals surface area (Å²) in [5.74, 6) is -0.811. The Morgan fingerprint density at radius 2 is 2.03 bits per heavy atom. The molecular formula is C18H15ClF3N5O3S. The zero-order valence-electron chi connectivity index (χ0n) is 15.8. The SMILES string of the molecule is O=C(Cn1cnc2nc(N3CCOCC3)sc2c1=O)Nc1ccc(Cl)cc1C(F)(F)F. The van der Waals surface area contributed by atoms with Crippen molar-refractivity contribution >= 4 is 50.0 Å². The predicted molar refractivity (Wildman–Crippen MR) is 110 cm³/mol. The van der Waals surface area contributed by atoms with E-state index in [1.807, 2.05) is 4.90 Å². The number of fused-ring (bicyclic) bond motifs is 1. The van der Waals surface area contributed by atoms with Crippen LogP contribution in [0.4, 0.5) is 24.0 Å². The normalized spacial score (nSPS) is 14.8. The topological polar surface area (TPSA) is 89.3 Å². The van der Waals surface area contributed by atoms with E-state index in [1.54, 1.807) is 0 Å². The third-order valence-electron chi connectivity index (χ3n) is 4.53. The number of nitrogens with zero attached hydrogens (tertiary/aromatic N) is 4. The molecule has 4 rings (SSSR count). The lowest BCUT2D eigenvalue weighted by Crippen LogP contribution is -2.36. The number of rotatable bonds is 4. The number of aromatic nitrogens is 3. The van der Waals surface area contributed by atoms with Crippen molar-refractivity contribution in [2.24, 2.45) is 0 Å². The third kappa shape index (κ3) is 4.65. The highest BCUT2D eigenvalue weighted by Gasteiger charge is 2.34. The highest BCUT2D eigenvalue weighted by molar-refractivity contribution is 7.22. The first-order chi connectivity index (χ1) is 14.7. The van der Waals surface area contributed by atoms with Gasteiger partial charge < -0.3 is 15.0 Å². The molecule has 13 heteroatoms. The summed E-state index contributed by atoms with van der Waals surface area (Å²) in [6, 6.07) is 3.02. The van der Waals surface area contributed by atoms with E-state index in [4.69, 9.17) is 16.3 Å². The molecule has 1 amide bonds. The molecule has 31 heavy (non-hydrogen) atoms. The van der Waals surface area contributed by atoms with Gasteiger partial charge in [0.2, 0.25) is 5.91 Å². The quantitative estimate of drug-likeness (QED) is 0.626. The summed E-state index contributed by atoms with van der Waals surface area (Å²) in [6.45, 7) is 1.88. The van der Waals surface area contributed by atoms with Crippen LogP contribution in [0.25, 0.3) is 10.3 Å². The molecule has 0 aliphatic carbocycles. The molecule has 1 aliphatic heterocycles. The highest BCUT2D eigenvalue weighted by Crippen LogP contribution is 2.36. The molecule has 3 aromatic rings. The number of amides is 1. The van der Waals surface area contributed by atoms with Gasteiger partial charge in [-0.25, -0.2) is 4.98 Å². The fourth-order valence-electron chi connectivity index (χ4n) is 3.04. The number of morpholine rings is 1. The Morgan fingerprint density at radius 3 is 2.74 bits per heavy atom. The van der Waals surface area contributed by atoms with Gasteiger partial charge in [-0.05, 0) is 18.2 Å². The molecule has 8 nitrogen and oxygen atoms in total. The fraction of sp³-hybridized carbons (Fsp3) is 0.333. The van der Waals surface area contributed by atoms with Gasteiger partial charge in [-0.3, -0.25) is 14.2 Å². The van der Waals surface area contributed by atoms with Crippen LogP contribution >= 0.6 is 22.9 Å². The van der Waals surface area contributed by atoms with Crippen LogP contribution in [0.2, 0.25) is 5.02 Å². The number of ether oxygens (including phenoxy) is 1. The van der Waals surface area contributed by atoms with Gasteiger partial charge in [0.25, 0.3) is 5.56 Å². The second kappa shape index (κ2) is 8.44. The number of carbonyl (C=O) groups excluding carboxylic acids is 1. The Balaban J connectivity index is 1.56. The Morgan fingerprint density at radius 1 is 1.29 bits per heavy atom. The summed E-state index contributed by atoms with van der Waals surface area (Å²) in [5.41, 5.74) is -1.77. The average Bonchev–Trinajstić information content (AvgIpc) is 3.17. The summed E-state index contributed by atoms with van der Waals surface area (Å²) in [4.78, 5) is 35.6. The number of nitrogens with one attached hydrogen (secondary N) is 1. The second-order valence-corrected chi connectivity index (χ2v) is 8.08. The zero-order chi connectivity index (χ0) is 22.2. The van der Waals surface area contributed by atoms with Crippen LogP contribution in [0, 0.1) is 0 Å². The third-order valence-corrected chi connectivity index (χ3v) is 5.86. The van der Waals surface area contributed by atoms with E-state index in [0.717, 1.165) is 34.4 Å². The zero-order valence-corrected chi connectivity index (χ0v) is 17.4. The van der Waals surface area contributed by atoms with Gasteiger partial charge >= 0.3 is 6.18 Å². The molecule has 0 unspecified atom stereocenters. The molecular weight excluding hydrogens is 459 g/mol. The predicted octanol–water partition coefficient (Wildman–Crippen LogP) is 3.00. The molecule has 2 aromatic heterocycles. The summed E-state index contributed by atoms with van der Waals surface area (Å²) < 4.78 is 46.2. The minimum atomic E-state index is -4.71. The van der Waals surface area contributed by atoms with Crippen molar-refractivity contribution in [1.29, 1.82) is 0 Å². The maximum Gasteiger partial charge on any atom is 0.418 e. The standard InChI is InChI=1S/C18H15ClF3N5O3S/c19-10-1-2-12(11(7-10)18(20,21)22)24-13(28)8-27-9-23-15-14(16(27)29)31-17(25-15)26-3-5-30-6-4-26/h1-2,7,9H,3-6,8H2,(H,24,28). The van der Waals surface area contributed by atoms with Crippen molar-refractivity contribution in [2.45, 2.75) is 12.7 Å². The van der Waals surface area contributed by atoms with Gasteiger partial charge in [0.1, 0.15) is 17.6 Å². The second-order valence-electron chi connectivity index (χ2n) is 6.66. The van der Waals surface area contributed by atoms with Gasteiger partial charge in [0.15, 0.2) is 10.8 Å². The summed E-state index contributed by atoms with van der Waals surface area (Å²) in [6.07, 6.45) is -3.55. The largest absolute Gasteiger partial charge is 0.418 e. The molecule has 1 fully saturated rings. The van der Waals surface area contributed by atoms with E-state index in [9.17, 15) is 22.8 Å². The van der Waals surface area contributed by atoms with Crippen LogP contribution in [-0.4, -0.2) is 46.7 Å². The molecule has 1 aromatic carbocycles. The molecule has 164 valence electrons. The molecule has 1 aliphatic rings. The van der Waals surface area contributed by atoms with E-state index in [2.05, 4.69) is 15.3 Å². The van der Waals surface area contributed by atoms with Gasteiger partial charge in [-0.2, -0.15) is 18.2 Å². The number of hydrogen-bond acceptors (Lipinski definition) is 7. The lowest BCUT2D eigenvalue weighted by Gasteiger charge is -2.25. The van der Waals surface area contributed by atoms with Crippen molar-refractivity contribution < 1.29 is 22.7 Å². The highest BCUT2D eigenvalue weighted by atomic mass is 35.5. The van der Waals surface area contributed by atoms with Crippen LogP contribution in [0.3, 0.4) is 0 Å². The number of anilines is 2. The Bertz CT molecular complexity index is 1190. The van der Waals surface area contributed by atoms with Gasteiger partial charge in [0, 0.05) is 18.1 Å². The van der Waals surface area contributed by atoms with E-state index >= 15 is 0 Å². The number of thiazole rings is 1. The maximum atomic E-state index is 13.2. The van der Waals surface area contributed by atoms with Crippen LogP contribution in [-0.2, 0) is 22.3 Å². The first-order valence-corrected chi connectivity index (χ1v) is 10.3. The number of benzene rings is 1. The Labute approximate surface area is 182 Å². The molecule has 1 N–H and O–H groups in total. The lowest BCUT2D eigenvalue weighted by atomic mass is 10.1. The lowest BCUT2D eigenvalue weighted by molar-refractivity contribution is -0.137. The van der Waals surface area contributed by atoms with Crippen molar-refractivity contribution in [3.63, 3.8) is 0 Å². The van der Waals surface area contributed by atoms with Crippen LogP contribution < -0.4 is 15.8 Å². The minimum absolute atomic E-state index is 0.113. The van der Waals surface area contributed by atoms with E-state index in [-0.39, 0.29) is 15.4 Å². The number of halogens is 4. The van der Waals surface area contributed by atoms with Crippen molar-refractivity contribution in [1.82, 2.24) is 14.5 Å². The van der Waals surface area contributed by atoms with Crippen LogP contribution in [0.5, 0.6) is 0 Å². The van der Waals surface area contributed by atoms with Crippen molar-refractivity contribution in [2.75, 3.05) is 36.5 Å². The smallest absolute Gasteiger partial charge is 0.378 e. The van der Waals surface area contributed by atoms with Crippen molar-refractivity contribution in [3.05, 3.63) is 45.5 Å². The maximum absolute atomic E-state index is 13.2. The number of hydrogen-bond donors (Lipinski definition) is 1. The van der Waals surface area contributed by atoms with Gasteiger partial charge in [0.05, 0.1) is 24.5 Å². The minimum Gasteiger partial charge on any atom is -0.378 e. The summed E-state index contributed by atoms with van der Waals surface area (Å²) in [7, 11) is 0. The van der Waals surface area contributed by atoms with E-state index in [0.29, 0.717) is 31.4 Å². The Kier molecular flexibility index (Phi) is 5.86. The number of alkyl halides is 3. The fourth-order valence-corrected chi connectivity index (χ4v) is 4.23. The molecule has 1 saturated heterocycles. The van der Waals surface area contributed by atoms with E-state index in [1.165, 1.54) is 6.07 Å². The Hall–Kier alpha value is -2.70. The molecule has 0 bridgehead atoms. The van der Waals surface area contributed by atoms with Gasteiger partial charge in [-0.1, -0.05) is 22.9 Å². The van der Waals surface area contributed by atoms with Crippen molar-refractivity contribution in [3.8, 4) is 0 Å². The van der Waals surface area contributed by atoms with Crippen LogP contribution in [0.1, 0.15) is 5.56 Å². The average molecular weight is 474 g/mol. The monoisotopic (exact) mass is 473 g/mol. The summed E-state index contributed by atoms with van der Waals surface area (Å²) >= 11 is 6.79. The first kappa shape index (κ1) is 21.5. The first-order valence-electron chi connectivity index (χ1n) is 9.07.